The van der Waals surface area contributed by atoms with Crippen molar-refractivity contribution < 1.29 is 5.11 Å². The highest BCUT2D eigenvalue weighted by Crippen LogP contribution is 2.40. The van der Waals surface area contributed by atoms with E-state index in [1.54, 1.807) is 18.6 Å². The molecule has 0 aliphatic rings. The molecule has 1 atom stereocenters. The summed E-state index contributed by atoms with van der Waals surface area (Å²) in [5.41, 5.74) is 3.74. The third kappa shape index (κ3) is 2.94. The van der Waals surface area contributed by atoms with Gasteiger partial charge in [0.05, 0.1) is 27.8 Å². The number of thiophene rings is 1. The van der Waals surface area contributed by atoms with E-state index < -0.39 is 6.10 Å². The van der Waals surface area contributed by atoms with Crippen molar-refractivity contribution in [3.8, 4) is 21.1 Å². The van der Waals surface area contributed by atoms with Crippen LogP contribution in [0.15, 0.2) is 67.4 Å². The van der Waals surface area contributed by atoms with Gasteiger partial charge in [0.15, 0.2) is 5.82 Å². The molecule has 7 nitrogen and oxygen atoms in total. The van der Waals surface area contributed by atoms with Gasteiger partial charge in [-0.1, -0.05) is 12.1 Å². The van der Waals surface area contributed by atoms with Crippen LogP contribution in [0.3, 0.4) is 0 Å². The fourth-order valence-electron chi connectivity index (χ4n) is 3.03. The van der Waals surface area contributed by atoms with Crippen molar-refractivity contribution >= 4 is 22.4 Å². The highest BCUT2D eigenvalue weighted by atomic mass is 32.1. The van der Waals surface area contributed by atoms with Crippen LogP contribution in [0.25, 0.3) is 32.2 Å². The lowest BCUT2D eigenvalue weighted by Gasteiger charge is -2.10. The van der Waals surface area contributed by atoms with Gasteiger partial charge in [0.2, 0.25) is 0 Å². The average molecular weight is 386 g/mol. The van der Waals surface area contributed by atoms with Gasteiger partial charge in [0, 0.05) is 22.8 Å². The number of H-pyrrole nitrogens is 1. The van der Waals surface area contributed by atoms with Gasteiger partial charge in [0.25, 0.3) is 0 Å². The van der Waals surface area contributed by atoms with E-state index in [9.17, 15) is 5.11 Å². The van der Waals surface area contributed by atoms with E-state index >= 15 is 0 Å². The highest BCUT2D eigenvalue weighted by Gasteiger charge is 2.23. The standard InChI is InChI=1S/C20H14N6OS/c27-18(16-10-22-14-3-1-2-4-15(14)25-16)13-9-17(12-5-7-21-8-6-12)28-19(13)20-23-11-24-26-20/h1-11,18,27H,(H,23,24,26). The largest absolute Gasteiger partial charge is 0.382 e. The van der Waals surface area contributed by atoms with E-state index in [0.717, 1.165) is 26.4 Å². The lowest BCUT2D eigenvalue weighted by molar-refractivity contribution is 0.216. The molecule has 5 rings (SSSR count). The van der Waals surface area contributed by atoms with Crippen molar-refractivity contribution in [2.45, 2.75) is 6.10 Å². The van der Waals surface area contributed by atoms with Crippen molar-refractivity contribution in [2.24, 2.45) is 0 Å². The second-order valence-corrected chi connectivity index (χ2v) is 7.21. The van der Waals surface area contributed by atoms with Crippen molar-refractivity contribution in [3.05, 3.63) is 78.6 Å². The van der Waals surface area contributed by atoms with Gasteiger partial charge in [-0.15, -0.1) is 21.5 Å². The topological polar surface area (TPSA) is 100 Å². The molecule has 0 radical (unpaired) electrons. The average Bonchev–Trinajstić information content (AvgIpc) is 3.43. The van der Waals surface area contributed by atoms with Crippen LogP contribution in [0, 0.1) is 0 Å². The van der Waals surface area contributed by atoms with Gasteiger partial charge in [-0.05, 0) is 35.9 Å². The minimum Gasteiger partial charge on any atom is -0.382 e. The molecular formula is C20H14N6OS. The zero-order chi connectivity index (χ0) is 18.9. The van der Waals surface area contributed by atoms with Crippen molar-refractivity contribution in [1.29, 1.82) is 0 Å². The molecule has 0 saturated heterocycles. The Balaban J connectivity index is 1.63. The number of hydrogen-bond donors (Lipinski definition) is 2. The van der Waals surface area contributed by atoms with E-state index in [1.165, 1.54) is 17.7 Å². The second-order valence-electron chi connectivity index (χ2n) is 6.15. The summed E-state index contributed by atoms with van der Waals surface area (Å²) in [5.74, 6) is 0.605. The van der Waals surface area contributed by atoms with E-state index in [2.05, 4.69) is 30.1 Å². The summed E-state index contributed by atoms with van der Waals surface area (Å²) in [6, 6.07) is 13.4. The van der Waals surface area contributed by atoms with Crippen LogP contribution in [0.2, 0.25) is 0 Å². The van der Waals surface area contributed by atoms with Crippen LogP contribution in [-0.2, 0) is 0 Å². The number of benzene rings is 1. The van der Waals surface area contributed by atoms with Gasteiger partial charge < -0.3 is 10.1 Å². The number of rotatable bonds is 4. The molecule has 2 N–H and O–H groups in total. The van der Waals surface area contributed by atoms with Crippen LogP contribution < -0.4 is 0 Å². The molecule has 0 bridgehead atoms. The summed E-state index contributed by atoms with van der Waals surface area (Å²) >= 11 is 1.53. The lowest BCUT2D eigenvalue weighted by Crippen LogP contribution is -2.04. The number of hydrogen-bond acceptors (Lipinski definition) is 7. The Bertz CT molecular complexity index is 1240. The number of aromatic nitrogens is 6. The molecule has 0 spiro atoms. The quantitative estimate of drug-likeness (QED) is 0.489. The molecule has 0 saturated carbocycles. The lowest BCUT2D eigenvalue weighted by atomic mass is 10.1. The minimum atomic E-state index is -0.941. The van der Waals surface area contributed by atoms with E-state index in [0.29, 0.717) is 17.1 Å². The fraction of sp³-hybridized carbons (Fsp3) is 0.0500. The predicted octanol–water partition coefficient (Wildman–Crippen LogP) is 3.62. The van der Waals surface area contributed by atoms with E-state index in [4.69, 9.17) is 0 Å². The Morgan fingerprint density at radius 3 is 2.64 bits per heavy atom. The van der Waals surface area contributed by atoms with Gasteiger partial charge in [-0.2, -0.15) is 0 Å². The zero-order valence-corrected chi connectivity index (χ0v) is 15.3. The number of para-hydroxylation sites is 2. The Morgan fingerprint density at radius 1 is 1.04 bits per heavy atom. The number of aliphatic hydroxyl groups excluding tert-OH is 1. The monoisotopic (exact) mass is 386 g/mol. The SMILES string of the molecule is OC(c1cnc2ccccc2n1)c1cc(-c2ccncc2)sc1-c1nnc[nH]1. The van der Waals surface area contributed by atoms with Gasteiger partial charge in [-0.3, -0.25) is 9.97 Å². The predicted molar refractivity (Wildman–Crippen MR) is 107 cm³/mol. The molecule has 1 unspecified atom stereocenters. The Morgan fingerprint density at radius 2 is 1.86 bits per heavy atom. The van der Waals surface area contributed by atoms with E-state index in [1.807, 2.05) is 42.5 Å². The molecule has 0 fully saturated rings. The van der Waals surface area contributed by atoms with Gasteiger partial charge >= 0.3 is 0 Å². The van der Waals surface area contributed by atoms with E-state index in [-0.39, 0.29) is 0 Å². The molecule has 136 valence electrons. The summed E-state index contributed by atoms with van der Waals surface area (Å²) in [4.78, 5) is 17.9. The Hall–Kier alpha value is -3.49. The van der Waals surface area contributed by atoms with Crippen molar-refractivity contribution in [1.82, 2.24) is 30.1 Å². The first-order valence-electron chi connectivity index (χ1n) is 8.60. The fourth-order valence-corrected chi connectivity index (χ4v) is 4.18. The molecule has 28 heavy (non-hydrogen) atoms. The summed E-state index contributed by atoms with van der Waals surface area (Å²) in [6.45, 7) is 0. The normalized spacial score (nSPS) is 12.3. The maximum Gasteiger partial charge on any atom is 0.171 e. The molecule has 8 heteroatoms. The van der Waals surface area contributed by atoms with Crippen LogP contribution in [0.1, 0.15) is 17.4 Å². The maximum absolute atomic E-state index is 11.1. The van der Waals surface area contributed by atoms with Crippen LogP contribution >= 0.6 is 11.3 Å². The Kier molecular flexibility index (Phi) is 4.12. The molecule has 0 aliphatic heterocycles. The summed E-state index contributed by atoms with van der Waals surface area (Å²) < 4.78 is 0. The van der Waals surface area contributed by atoms with Crippen LogP contribution in [-0.4, -0.2) is 35.2 Å². The van der Waals surface area contributed by atoms with Crippen LogP contribution in [0.4, 0.5) is 0 Å². The highest BCUT2D eigenvalue weighted by molar-refractivity contribution is 7.19. The number of fused-ring (bicyclic) bond motifs is 1. The number of nitrogens with zero attached hydrogens (tertiary/aromatic N) is 5. The number of aromatic amines is 1. The number of aliphatic hydroxyl groups is 1. The summed E-state index contributed by atoms with van der Waals surface area (Å²) in [7, 11) is 0. The van der Waals surface area contributed by atoms with Gasteiger partial charge in [-0.25, -0.2) is 4.98 Å². The first-order chi connectivity index (χ1) is 13.8. The molecule has 4 aromatic heterocycles. The molecular weight excluding hydrogens is 372 g/mol. The number of pyridine rings is 1. The molecule has 4 heterocycles. The second kappa shape index (κ2) is 6.91. The summed E-state index contributed by atoms with van der Waals surface area (Å²) in [6.07, 6.45) is 5.68. The third-order valence-electron chi connectivity index (χ3n) is 4.40. The van der Waals surface area contributed by atoms with Crippen molar-refractivity contribution in [2.75, 3.05) is 0 Å². The minimum absolute atomic E-state index is 0.485. The Labute approximate surface area is 163 Å². The van der Waals surface area contributed by atoms with Crippen molar-refractivity contribution in [3.63, 3.8) is 0 Å². The molecule has 1 aromatic carbocycles. The first-order valence-corrected chi connectivity index (χ1v) is 9.41. The third-order valence-corrected chi connectivity index (χ3v) is 5.61. The number of nitrogens with one attached hydrogen (secondary N) is 1. The zero-order valence-electron chi connectivity index (χ0n) is 14.5. The van der Waals surface area contributed by atoms with Crippen LogP contribution in [0.5, 0.6) is 0 Å². The maximum atomic E-state index is 11.1. The first kappa shape index (κ1) is 16.7. The smallest absolute Gasteiger partial charge is 0.171 e. The summed E-state index contributed by atoms with van der Waals surface area (Å²) in [5, 5.41) is 19.1. The molecule has 5 aromatic rings. The van der Waals surface area contributed by atoms with Gasteiger partial charge in [0.1, 0.15) is 12.4 Å². The molecule has 0 amide bonds. The molecule has 0 aliphatic carbocycles.